The van der Waals surface area contributed by atoms with Gasteiger partial charge in [0.05, 0.1) is 17.9 Å². The zero-order valence-electron chi connectivity index (χ0n) is 18.5. The summed E-state index contributed by atoms with van der Waals surface area (Å²) in [7, 11) is -4.11. The van der Waals surface area contributed by atoms with Crippen LogP contribution < -0.4 is 14.2 Å². The molecule has 178 valence electrons. The average molecular weight is 493 g/mol. The highest BCUT2D eigenvalue weighted by Crippen LogP contribution is 2.32. The lowest BCUT2D eigenvalue weighted by Crippen LogP contribution is -2.16. The first-order valence-electron chi connectivity index (χ1n) is 10.3. The van der Waals surface area contributed by atoms with Crippen molar-refractivity contribution in [2.75, 3.05) is 11.9 Å². The first-order chi connectivity index (χ1) is 16.7. The summed E-state index contributed by atoms with van der Waals surface area (Å²) in [5, 5.41) is 21.2. The Kier molecular flexibility index (Phi) is 7.86. The van der Waals surface area contributed by atoms with E-state index < -0.39 is 22.0 Å². The number of hydrogen-bond donors (Lipinski definition) is 2. The average Bonchev–Trinajstić information content (AvgIpc) is 2.84. The fourth-order valence-electron chi connectivity index (χ4n) is 2.99. The Labute approximate surface area is 202 Å². The van der Waals surface area contributed by atoms with Gasteiger partial charge in [0.1, 0.15) is 16.5 Å². The first kappa shape index (κ1) is 25.0. The van der Waals surface area contributed by atoms with Crippen molar-refractivity contribution in [3.05, 3.63) is 89.5 Å². The van der Waals surface area contributed by atoms with Crippen LogP contribution in [0.5, 0.6) is 11.5 Å². The SMILES string of the molecule is CCOc1cc(/C=C(\C#N)C(=O)Nc2ccccc2C(=O)O)ccc1OS(=O)(=O)c1ccccc1. The minimum Gasteiger partial charge on any atom is -0.490 e. The molecule has 10 heteroatoms. The third-order valence-electron chi connectivity index (χ3n) is 4.58. The van der Waals surface area contributed by atoms with Crippen LogP contribution in [0.4, 0.5) is 5.69 Å². The normalized spacial score (nSPS) is 11.3. The van der Waals surface area contributed by atoms with E-state index in [4.69, 9.17) is 8.92 Å². The summed E-state index contributed by atoms with van der Waals surface area (Å²) in [6.45, 7) is 1.90. The quantitative estimate of drug-likeness (QED) is 0.258. The molecule has 0 heterocycles. The van der Waals surface area contributed by atoms with Crippen LogP contribution in [0.25, 0.3) is 6.08 Å². The molecule has 0 aliphatic carbocycles. The van der Waals surface area contributed by atoms with Gasteiger partial charge >= 0.3 is 16.1 Å². The number of nitrogens with zero attached hydrogens (tertiary/aromatic N) is 1. The highest BCUT2D eigenvalue weighted by Gasteiger charge is 2.20. The molecule has 3 rings (SSSR count). The molecule has 35 heavy (non-hydrogen) atoms. The molecular weight excluding hydrogens is 472 g/mol. The van der Waals surface area contributed by atoms with Crippen LogP contribution in [0, 0.1) is 11.3 Å². The Balaban J connectivity index is 1.89. The number of ether oxygens (including phenoxy) is 1. The second-order valence-electron chi connectivity index (χ2n) is 6.96. The van der Waals surface area contributed by atoms with Gasteiger partial charge in [-0.1, -0.05) is 36.4 Å². The minimum atomic E-state index is -4.11. The number of benzene rings is 3. The van der Waals surface area contributed by atoms with Gasteiger partial charge in [0.15, 0.2) is 11.5 Å². The van der Waals surface area contributed by atoms with Gasteiger partial charge in [0.25, 0.3) is 5.91 Å². The number of nitrogens with one attached hydrogen (secondary N) is 1. The summed E-state index contributed by atoms with van der Waals surface area (Å²) in [6.07, 6.45) is 1.26. The fourth-order valence-corrected chi connectivity index (χ4v) is 3.95. The number of carboxylic acids is 1. The summed E-state index contributed by atoms with van der Waals surface area (Å²) in [5.74, 6) is -2.02. The first-order valence-corrected chi connectivity index (χ1v) is 11.7. The number of para-hydroxylation sites is 1. The van der Waals surface area contributed by atoms with Gasteiger partial charge in [0.2, 0.25) is 0 Å². The third kappa shape index (κ3) is 6.25. The maximum atomic E-state index is 12.6. The zero-order valence-corrected chi connectivity index (χ0v) is 19.3. The van der Waals surface area contributed by atoms with E-state index in [9.17, 15) is 28.4 Å². The lowest BCUT2D eigenvalue weighted by atomic mass is 10.1. The van der Waals surface area contributed by atoms with Crippen molar-refractivity contribution in [3.8, 4) is 17.6 Å². The van der Waals surface area contributed by atoms with Crippen molar-refractivity contribution in [3.63, 3.8) is 0 Å². The Morgan fingerprint density at radius 2 is 1.71 bits per heavy atom. The van der Waals surface area contributed by atoms with Crippen LogP contribution >= 0.6 is 0 Å². The second-order valence-corrected chi connectivity index (χ2v) is 8.51. The van der Waals surface area contributed by atoms with Crippen LogP contribution in [0.15, 0.2) is 83.3 Å². The highest BCUT2D eigenvalue weighted by molar-refractivity contribution is 7.87. The zero-order chi connectivity index (χ0) is 25.4. The molecule has 0 aliphatic rings. The van der Waals surface area contributed by atoms with Crippen molar-refractivity contribution < 1.29 is 32.0 Å². The van der Waals surface area contributed by atoms with E-state index in [0.29, 0.717) is 5.56 Å². The Hall–Kier alpha value is -4.62. The monoisotopic (exact) mass is 492 g/mol. The predicted octanol–water partition coefficient (Wildman–Crippen LogP) is 4.10. The van der Waals surface area contributed by atoms with Gasteiger partial charge in [0, 0.05) is 0 Å². The molecule has 0 aliphatic heterocycles. The van der Waals surface area contributed by atoms with Gasteiger partial charge in [-0.05, 0) is 55.0 Å². The summed E-state index contributed by atoms with van der Waals surface area (Å²) in [4.78, 5) is 23.9. The molecule has 1 amide bonds. The predicted molar refractivity (Wildman–Crippen MR) is 127 cm³/mol. The van der Waals surface area contributed by atoms with E-state index in [1.165, 1.54) is 54.6 Å². The molecule has 2 N–H and O–H groups in total. The van der Waals surface area contributed by atoms with E-state index >= 15 is 0 Å². The highest BCUT2D eigenvalue weighted by atomic mass is 32.2. The topological polar surface area (TPSA) is 143 Å². The van der Waals surface area contributed by atoms with Crippen molar-refractivity contribution >= 4 is 33.8 Å². The molecule has 3 aromatic carbocycles. The Morgan fingerprint density at radius 1 is 1.03 bits per heavy atom. The molecule has 9 nitrogen and oxygen atoms in total. The number of carbonyl (C=O) groups is 2. The lowest BCUT2D eigenvalue weighted by molar-refractivity contribution is -0.112. The number of hydrogen-bond acceptors (Lipinski definition) is 7. The van der Waals surface area contributed by atoms with Gasteiger partial charge in [-0.25, -0.2) is 4.79 Å². The Bertz CT molecular complexity index is 1430. The van der Waals surface area contributed by atoms with Crippen LogP contribution in [-0.4, -0.2) is 32.0 Å². The fraction of sp³-hybridized carbons (Fsp3) is 0.0800. The van der Waals surface area contributed by atoms with Crippen LogP contribution in [0.2, 0.25) is 0 Å². The molecule has 0 radical (unpaired) electrons. The van der Waals surface area contributed by atoms with Crippen molar-refractivity contribution in [1.29, 1.82) is 5.26 Å². The lowest BCUT2D eigenvalue weighted by Gasteiger charge is -2.13. The van der Waals surface area contributed by atoms with Gasteiger partial charge in [-0.2, -0.15) is 13.7 Å². The van der Waals surface area contributed by atoms with E-state index in [1.54, 1.807) is 37.3 Å². The van der Waals surface area contributed by atoms with Crippen molar-refractivity contribution in [1.82, 2.24) is 0 Å². The second kappa shape index (κ2) is 11.0. The Morgan fingerprint density at radius 3 is 2.37 bits per heavy atom. The largest absolute Gasteiger partial charge is 0.490 e. The number of carboxylic acid groups (broad SMARTS) is 1. The third-order valence-corrected chi connectivity index (χ3v) is 5.83. The summed E-state index contributed by atoms with van der Waals surface area (Å²) < 4.78 is 35.9. The molecule has 0 saturated carbocycles. The van der Waals surface area contributed by atoms with Crippen molar-refractivity contribution in [2.24, 2.45) is 0 Å². The number of carbonyl (C=O) groups excluding carboxylic acids is 1. The van der Waals surface area contributed by atoms with Gasteiger partial charge in [-0.15, -0.1) is 0 Å². The van der Waals surface area contributed by atoms with Gasteiger partial charge < -0.3 is 19.3 Å². The van der Waals surface area contributed by atoms with E-state index in [2.05, 4.69) is 5.32 Å². The summed E-state index contributed by atoms with van der Waals surface area (Å²) in [5.41, 5.74) is -0.0386. The molecule has 3 aromatic rings. The molecule has 0 aromatic heterocycles. The molecule has 0 bridgehead atoms. The van der Waals surface area contributed by atoms with Crippen LogP contribution in [-0.2, 0) is 14.9 Å². The molecule has 0 atom stereocenters. The molecule has 0 fully saturated rings. The number of anilines is 1. The smallest absolute Gasteiger partial charge is 0.339 e. The minimum absolute atomic E-state index is 0.0310. The van der Waals surface area contributed by atoms with Crippen LogP contribution in [0.3, 0.4) is 0 Å². The van der Waals surface area contributed by atoms with E-state index in [0.717, 1.165) is 0 Å². The molecular formula is C25H20N2O7S. The number of aromatic carboxylic acids is 1. The van der Waals surface area contributed by atoms with Gasteiger partial charge in [-0.3, -0.25) is 4.79 Å². The standard InChI is InChI=1S/C25H20N2O7S/c1-2-33-23-15-17(12-13-22(23)34-35(31,32)19-8-4-3-5-9-19)14-18(16-26)24(28)27-21-11-7-6-10-20(21)25(29)30/h3-15H,2H2,1H3,(H,27,28)(H,29,30)/b18-14+. The maximum absolute atomic E-state index is 12.6. The molecule has 0 saturated heterocycles. The summed E-state index contributed by atoms with van der Waals surface area (Å²) in [6, 6.07) is 19.4. The van der Waals surface area contributed by atoms with Crippen molar-refractivity contribution in [2.45, 2.75) is 11.8 Å². The number of nitriles is 1. The maximum Gasteiger partial charge on any atom is 0.339 e. The van der Waals surface area contributed by atoms with E-state index in [-0.39, 0.29) is 39.8 Å². The number of amides is 1. The molecule has 0 unspecified atom stereocenters. The number of rotatable bonds is 9. The molecule has 0 spiro atoms. The van der Waals surface area contributed by atoms with Crippen LogP contribution in [0.1, 0.15) is 22.8 Å². The van der Waals surface area contributed by atoms with E-state index in [1.807, 2.05) is 0 Å². The summed E-state index contributed by atoms with van der Waals surface area (Å²) >= 11 is 0.